The average Bonchev–Trinajstić information content (AvgIpc) is 2.30. The van der Waals surface area contributed by atoms with Gasteiger partial charge in [0.1, 0.15) is 0 Å². The number of hydrogen-bond acceptors (Lipinski definition) is 3. The van der Waals surface area contributed by atoms with Gasteiger partial charge in [-0.25, -0.2) is 0 Å². The van der Waals surface area contributed by atoms with E-state index in [0.717, 1.165) is 13.0 Å². The van der Waals surface area contributed by atoms with Crippen molar-refractivity contribution in [3.05, 3.63) is 0 Å². The van der Waals surface area contributed by atoms with E-state index in [1.165, 1.54) is 0 Å². The summed E-state index contributed by atoms with van der Waals surface area (Å²) in [5.41, 5.74) is 0.282. The molecule has 3 nitrogen and oxygen atoms in total. The summed E-state index contributed by atoms with van der Waals surface area (Å²) >= 11 is 0. The van der Waals surface area contributed by atoms with Gasteiger partial charge in [0.25, 0.3) is 0 Å². The van der Waals surface area contributed by atoms with Gasteiger partial charge in [-0.15, -0.1) is 0 Å². The predicted octanol–water partition coefficient (Wildman–Crippen LogP) is 0.460. The first-order valence-electron chi connectivity index (χ1n) is 5.03. The Bertz CT molecular complexity index is 160. The monoisotopic (exact) mass is 187 g/mol. The van der Waals surface area contributed by atoms with Gasteiger partial charge in [-0.1, -0.05) is 20.8 Å². The Labute approximate surface area is 80.4 Å². The lowest BCUT2D eigenvalue weighted by molar-refractivity contribution is 0.0572. The zero-order valence-electron chi connectivity index (χ0n) is 8.82. The van der Waals surface area contributed by atoms with Gasteiger partial charge in [0, 0.05) is 19.6 Å². The first-order valence-corrected chi connectivity index (χ1v) is 5.03. The van der Waals surface area contributed by atoms with Gasteiger partial charge in [0.05, 0.1) is 12.2 Å². The number of likely N-dealkylation sites (tertiary alicyclic amines) is 1. The third-order valence-electron chi connectivity index (χ3n) is 2.94. The highest BCUT2D eigenvalue weighted by atomic mass is 16.3. The molecule has 3 heteroatoms. The molecule has 2 N–H and O–H groups in total. The van der Waals surface area contributed by atoms with Crippen LogP contribution in [0.4, 0.5) is 0 Å². The van der Waals surface area contributed by atoms with Gasteiger partial charge in [0.2, 0.25) is 0 Å². The van der Waals surface area contributed by atoms with Crippen molar-refractivity contribution in [1.82, 2.24) is 4.90 Å². The molecular formula is C10H21NO2. The molecule has 0 radical (unpaired) electrons. The zero-order valence-corrected chi connectivity index (χ0v) is 8.82. The number of rotatable bonds is 3. The molecular weight excluding hydrogens is 166 g/mol. The predicted molar refractivity (Wildman–Crippen MR) is 52.5 cm³/mol. The number of aliphatic hydroxyl groups is 2. The quantitative estimate of drug-likeness (QED) is 0.674. The summed E-state index contributed by atoms with van der Waals surface area (Å²) in [6.45, 7) is 8.78. The fraction of sp³-hybridized carbons (Fsp3) is 1.00. The minimum absolute atomic E-state index is 0.282. The van der Waals surface area contributed by atoms with Gasteiger partial charge in [0.15, 0.2) is 0 Å². The van der Waals surface area contributed by atoms with Crippen molar-refractivity contribution in [2.24, 2.45) is 5.41 Å². The second-order valence-electron chi connectivity index (χ2n) is 4.85. The van der Waals surface area contributed by atoms with Crippen LogP contribution < -0.4 is 0 Å². The number of aliphatic hydroxyl groups excluding tert-OH is 2. The Hall–Kier alpha value is -0.120. The maximum Gasteiger partial charge on any atom is 0.0938 e. The number of hydrogen-bond donors (Lipinski definition) is 2. The molecule has 2 unspecified atom stereocenters. The molecule has 78 valence electrons. The van der Waals surface area contributed by atoms with Crippen molar-refractivity contribution in [2.45, 2.75) is 39.4 Å². The molecule has 1 aliphatic heterocycles. The van der Waals surface area contributed by atoms with Crippen LogP contribution in [0.3, 0.4) is 0 Å². The summed E-state index contributed by atoms with van der Waals surface area (Å²) in [5.74, 6) is 0. The second kappa shape index (κ2) is 3.95. The minimum atomic E-state index is -0.548. The molecule has 0 aromatic rings. The van der Waals surface area contributed by atoms with E-state index >= 15 is 0 Å². The van der Waals surface area contributed by atoms with E-state index in [9.17, 15) is 10.2 Å². The van der Waals surface area contributed by atoms with Gasteiger partial charge in [-0.05, 0) is 11.8 Å². The molecule has 2 atom stereocenters. The second-order valence-corrected chi connectivity index (χ2v) is 4.85. The average molecular weight is 187 g/mol. The van der Waals surface area contributed by atoms with Crippen molar-refractivity contribution >= 4 is 0 Å². The highest BCUT2D eigenvalue weighted by Crippen LogP contribution is 2.23. The Morgan fingerprint density at radius 3 is 2.08 bits per heavy atom. The maximum absolute atomic E-state index is 9.35. The molecule has 0 saturated carbocycles. The minimum Gasteiger partial charge on any atom is -0.389 e. The smallest absolute Gasteiger partial charge is 0.0938 e. The SMILES string of the molecule is CCC(C)(C)CN1CC(O)C(O)C1. The molecule has 0 amide bonds. The summed E-state index contributed by atoms with van der Waals surface area (Å²) in [4.78, 5) is 2.14. The standard InChI is InChI=1S/C10H21NO2/c1-4-10(2,3)7-11-5-8(12)9(13)6-11/h8-9,12-13H,4-7H2,1-3H3. The van der Waals surface area contributed by atoms with Crippen LogP contribution in [0.1, 0.15) is 27.2 Å². The van der Waals surface area contributed by atoms with Gasteiger partial charge >= 0.3 is 0 Å². The van der Waals surface area contributed by atoms with Crippen LogP contribution >= 0.6 is 0 Å². The summed E-state index contributed by atoms with van der Waals surface area (Å²) in [6, 6.07) is 0. The van der Waals surface area contributed by atoms with Crippen LogP contribution in [-0.2, 0) is 0 Å². The molecule has 0 spiro atoms. The third kappa shape index (κ3) is 2.93. The fourth-order valence-corrected chi connectivity index (χ4v) is 1.69. The normalized spacial score (nSPS) is 31.2. The molecule has 1 heterocycles. The molecule has 1 fully saturated rings. The van der Waals surface area contributed by atoms with Crippen LogP contribution in [0.2, 0.25) is 0 Å². The van der Waals surface area contributed by atoms with E-state index in [1.54, 1.807) is 0 Å². The van der Waals surface area contributed by atoms with Gasteiger partial charge in [-0.2, -0.15) is 0 Å². The summed E-state index contributed by atoms with van der Waals surface area (Å²) in [6.07, 6.45) is 0.0238. The lowest BCUT2D eigenvalue weighted by Gasteiger charge is -2.28. The first kappa shape index (κ1) is 11.0. The Balaban J connectivity index is 2.40. The molecule has 0 aromatic heterocycles. The number of β-amino-alcohol motifs (C(OH)–C–C–N with tert-alkyl or cyclic N) is 2. The Kier molecular flexibility index (Phi) is 3.33. The molecule has 0 bridgehead atoms. The fourth-order valence-electron chi connectivity index (χ4n) is 1.69. The van der Waals surface area contributed by atoms with Crippen LogP contribution in [0.15, 0.2) is 0 Å². The van der Waals surface area contributed by atoms with E-state index in [-0.39, 0.29) is 5.41 Å². The lowest BCUT2D eigenvalue weighted by Crippen LogP contribution is -2.33. The zero-order chi connectivity index (χ0) is 10.1. The topological polar surface area (TPSA) is 43.7 Å². The maximum atomic E-state index is 9.35. The van der Waals surface area contributed by atoms with Crippen molar-refractivity contribution in [1.29, 1.82) is 0 Å². The highest BCUT2D eigenvalue weighted by Gasteiger charge is 2.32. The largest absolute Gasteiger partial charge is 0.389 e. The summed E-state index contributed by atoms with van der Waals surface area (Å²) in [7, 11) is 0. The molecule has 0 aliphatic carbocycles. The molecule has 0 aromatic carbocycles. The van der Waals surface area contributed by atoms with Crippen LogP contribution in [-0.4, -0.2) is 47.0 Å². The van der Waals surface area contributed by atoms with E-state index in [4.69, 9.17) is 0 Å². The first-order chi connectivity index (χ1) is 5.94. The van der Waals surface area contributed by atoms with Crippen LogP contribution in [0.5, 0.6) is 0 Å². The Morgan fingerprint density at radius 2 is 1.69 bits per heavy atom. The van der Waals surface area contributed by atoms with Gasteiger partial charge < -0.3 is 10.2 Å². The van der Waals surface area contributed by atoms with Crippen molar-refractivity contribution in [3.8, 4) is 0 Å². The lowest BCUT2D eigenvalue weighted by atomic mass is 9.90. The highest BCUT2D eigenvalue weighted by molar-refractivity contribution is 4.85. The molecule has 1 rings (SSSR count). The van der Waals surface area contributed by atoms with Crippen molar-refractivity contribution in [2.75, 3.05) is 19.6 Å². The number of nitrogens with zero attached hydrogens (tertiary/aromatic N) is 1. The van der Waals surface area contributed by atoms with Crippen LogP contribution in [0, 0.1) is 5.41 Å². The van der Waals surface area contributed by atoms with Crippen LogP contribution in [0.25, 0.3) is 0 Å². The van der Waals surface area contributed by atoms with E-state index in [2.05, 4.69) is 25.7 Å². The van der Waals surface area contributed by atoms with E-state index < -0.39 is 12.2 Å². The summed E-state index contributed by atoms with van der Waals surface area (Å²) < 4.78 is 0. The van der Waals surface area contributed by atoms with E-state index in [1.807, 2.05) is 0 Å². The third-order valence-corrected chi connectivity index (χ3v) is 2.94. The van der Waals surface area contributed by atoms with Gasteiger partial charge in [-0.3, -0.25) is 4.90 Å². The molecule has 1 saturated heterocycles. The molecule has 1 aliphatic rings. The van der Waals surface area contributed by atoms with E-state index in [0.29, 0.717) is 13.1 Å². The van der Waals surface area contributed by atoms with Crippen molar-refractivity contribution in [3.63, 3.8) is 0 Å². The molecule has 13 heavy (non-hydrogen) atoms. The van der Waals surface area contributed by atoms with Crippen molar-refractivity contribution < 1.29 is 10.2 Å². The Morgan fingerprint density at radius 1 is 1.23 bits per heavy atom. The summed E-state index contributed by atoms with van der Waals surface area (Å²) in [5, 5.41) is 18.7.